The van der Waals surface area contributed by atoms with Crippen LogP contribution in [0, 0.1) is 12.7 Å². The van der Waals surface area contributed by atoms with E-state index in [0.717, 1.165) is 12.1 Å². The van der Waals surface area contributed by atoms with Crippen LogP contribution in [0.5, 0.6) is 0 Å². The van der Waals surface area contributed by atoms with E-state index in [2.05, 4.69) is 25.8 Å². The van der Waals surface area contributed by atoms with Crippen LogP contribution in [0.15, 0.2) is 32.1 Å². The summed E-state index contributed by atoms with van der Waals surface area (Å²) in [6.45, 7) is 1.60. The molecule has 2 aromatic rings. The maximum atomic E-state index is 13.7. The molecule has 9 heteroatoms. The summed E-state index contributed by atoms with van der Waals surface area (Å²) < 4.78 is 44.7. The number of benzene rings is 1. The number of hydrogen-bond donors (Lipinski definition) is 1. The third-order valence-corrected chi connectivity index (χ3v) is 4.70. The molecule has 0 bridgehead atoms. The molecular formula is C10H7BrClFN2O3S. The van der Waals surface area contributed by atoms with Gasteiger partial charge >= 0.3 is 0 Å². The number of nitrogens with one attached hydrogen (secondary N) is 1. The molecule has 1 N–H and O–H groups in total. The number of sulfonamides is 1. The average molecular weight is 370 g/mol. The van der Waals surface area contributed by atoms with E-state index in [9.17, 15) is 12.8 Å². The largest absolute Gasteiger partial charge is 0.360 e. The molecule has 0 amide bonds. The van der Waals surface area contributed by atoms with E-state index in [1.807, 2.05) is 0 Å². The first-order valence-corrected chi connectivity index (χ1v) is 7.56. The maximum Gasteiger partial charge on any atom is 0.266 e. The van der Waals surface area contributed by atoms with E-state index in [1.54, 1.807) is 6.92 Å². The Morgan fingerprint density at radius 2 is 2.11 bits per heavy atom. The zero-order chi connectivity index (χ0) is 14.2. The van der Waals surface area contributed by atoms with Gasteiger partial charge in [-0.2, -0.15) is 0 Å². The fraction of sp³-hybridized carbons (Fsp3) is 0.100. The Balaban J connectivity index is 2.42. The van der Waals surface area contributed by atoms with Crippen molar-refractivity contribution in [2.24, 2.45) is 0 Å². The lowest BCUT2D eigenvalue weighted by atomic mass is 10.3. The van der Waals surface area contributed by atoms with Crippen molar-refractivity contribution in [3.63, 3.8) is 0 Å². The third-order valence-electron chi connectivity index (χ3n) is 2.13. The summed E-state index contributed by atoms with van der Waals surface area (Å²) in [6, 6.07) is 3.36. The second-order valence-corrected chi connectivity index (χ2v) is 6.54. The summed E-state index contributed by atoms with van der Waals surface area (Å²) in [4.78, 5) is -0.568. The second kappa shape index (κ2) is 5.10. The zero-order valence-electron chi connectivity index (χ0n) is 9.45. The molecule has 0 aliphatic heterocycles. The van der Waals surface area contributed by atoms with Crippen LogP contribution in [0.1, 0.15) is 5.76 Å². The molecule has 0 aliphatic carbocycles. The second-order valence-electron chi connectivity index (χ2n) is 3.63. The molecule has 5 nitrogen and oxygen atoms in total. The van der Waals surface area contributed by atoms with E-state index in [4.69, 9.17) is 16.1 Å². The molecule has 2 rings (SSSR count). The van der Waals surface area contributed by atoms with Crippen molar-refractivity contribution in [3.05, 3.63) is 39.3 Å². The Labute approximate surface area is 121 Å². The number of aromatic nitrogens is 1. The zero-order valence-corrected chi connectivity index (χ0v) is 12.6. The molecule has 19 heavy (non-hydrogen) atoms. The first-order valence-electron chi connectivity index (χ1n) is 4.90. The molecule has 1 heterocycles. The van der Waals surface area contributed by atoms with Crippen LogP contribution in [0.25, 0.3) is 0 Å². The molecule has 102 valence electrons. The Hall–Kier alpha value is -1.12. The fourth-order valence-corrected chi connectivity index (χ4v) is 2.93. The van der Waals surface area contributed by atoms with Gasteiger partial charge in [0.1, 0.15) is 16.5 Å². The van der Waals surface area contributed by atoms with Gasteiger partial charge in [0.15, 0.2) is 5.82 Å². The summed E-state index contributed by atoms with van der Waals surface area (Å²) in [7, 11) is -4.12. The molecule has 0 radical (unpaired) electrons. The summed E-state index contributed by atoms with van der Waals surface area (Å²) >= 11 is 8.76. The van der Waals surface area contributed by atoms with Gasteiger partial charge < -0.3 is 4.52 Å². The first-order chi connectivity index (χ1) is 8.79. The Bertz CT molecular complexity index is 732. The third kappa shape index (κ3) is 3.07. The van der Waals surface area contributed by atoms with E-state index in [1.165, 1.54) is 6.07 Å². The molecule has 0 spiro atoms. The van der Waals surface area contributed by atoms with Crippen LogP contribution in [-0.2, 0) is 10.0 Å². The van der Waals surface area contributed by atoms with Crippen LogP contribution < -0.4 is 4.72 Å². The highest BCUT2D eigenvalue weighted by Gasteiger charge is 2.22. The van der Waals surface area contributed by atoms with E-state index in [-0.39, 0.29) is 15.3 Å². The normalized spacial score (nSPS) is 11.6. The van der Waals surface area contributed by atoms with Gasteiger partial charge in [0, 0.05) is 10.5 Å². The lowest BCUT2D eigenvalue weighted by Crippen LogP contribution is -2.15. The van der Waals surface area contributed by atoms with Crippen LogP contribution in [-0.4, -0.2) is 13.6 Å². The van der Waals surface area contributed by atoms with Crippen molar-refractivity contribution in [3.8, 4) is 0 Å². The van der Waals surface area contributed by atoms with Gasteiger partial charge in [0.05, 0.1) is 5.02 Å². The monoisotopic (exact) mass is 368 g/mol. The summed E-state index contributed by atoms with van der Waals surface area (Å²) in [5.41, 5.74) is 0. The highest BCUT2D eigenvalue weighted by Crippen LogP contribution is 2.28. The van der Waals surface area contributed by atoms with Gasteiger partial charge in [0.2, 0.25) is 0 Å². The van der Waals surface area contributed by atoms with Gasteiger partial charge in [0.25, 0.3) is 10.0 Å². The van der Waals surface area contributed by atoms with Crippen molar-refractivity contribution < 1.29 is 17.3 Å². The Morgan fingerprint density at radius 3 is 2.68 bits per heavy atom. The van der Waals surface area contributed by atoms with Crippen molar-refractivity contribution in [2.45, 2.75) is 11.8 Å². The number of aryl methyl sites for hydroxylation is 1. The van der Waals surface area contributed by atoms with Crippen LogP contribution in [0.4, 0.5) is 10.2 Å². The maximum absolute atomic E-state index is 13.7. The lowest BCUT2D eigenvalue weighted by molar-refractivity contribution is 0.400. The molecule has 0 unspecified atom stereocenters. The number of rotatable bonds is 3. The van der Waals surface area contributed by atoms with Crippen molar-refractivity contribution in [1.29, 1.82) is 0 Å². The summed E-state index contributed by atoms with van der Waals surface area (Å²) in [5.74, 6) is -0.535. The summed E-state index contributed by atoms with van der Waals surface area (Å²) in [6.07, 6.45) is 0. The minimum atomic E-state index is -4.12. The number of nitrogens with zero attached hydrogens (tertiary/aromatic N) is 1. The van der Waals surface area contributed by atoms with Gasteiger partial charge in [-0.15, -0.1) is 0 Å². The highest BCUT2D eigenvalue weighted by atomic mass is 79.9. The summed E-state index contributed by atoms with van der Waals surface area (Å²) in [5, 5.41) is 3.55. The van der Waals surface area contributed by atoms with Crippen molar-refractivity contribution in [1.82, 2.24) is 5.16 Å². The molecule has 0 atom stereocenters. The quantitative estimate of drug-likeness (QED) is 0.842. The fourth-order valence-electron chi connectivity index (χ4n) is 1.32. The number of hydrogen-bond acceptors (Lipinski definition) is 4. The lowest BCUT2D eigenvalue weighted by Gasteiger charge is -2.07. The van der Waals surface area contributed by atoms with Crippen molar-refractivity contribution in [2.75, 3.05) is 4.72 Å². The van der Waals surface area contributed by atoms with E-state index in [0.29, 0.717) is 5.76 Å². The standard InChI is InChI=1S/C10H7BrClFN2O3S/c1-5-2-10(14-18-5)15-19(16,17)9-4-7(12)6(11)3-8(9)13/h2-4H,1H3,(H,14,15). The van der Waals surface area contributed by atoms with Gasteiger partial charge in [-0.3, -0.25) is 4.72 Å². The minimum absolute atomic E-state index is 0.0315. The molecule has 0 fully saturated rings. The topological polar surface area (TPSA) is 72.2 Å². The number of anilines is 1. The van der Waals surface area contributed by atoms with E-state index < -0.39 is 20.7 Å². The Morgan fingerprint density at radius 1 is 1.42 bits per heavy atom. The molecule has 0 aliphatic rings. The first kappa shape index (κ1) is 14.3. The molecule has 1 aromatic heterocycles. The van der Waals surface area contributed by atoms with Gasteiger partial charge in [-0.05, 0) is 35.0 Å². The van der Waals surface area contributed by atoms with Gasteiger partial charge in [-0.1, -0.05) is 16.8 Å². The van der Waals surface area contributed by atoms with Crippen LogP contribution >= 0.6 is 27.5 Å². The molecule has 0 saturated heterocycles. The molecule has 1 aromatic carbocycles. The predicted octanol–water partition coefficient (Wildman–Crippen LogP) is 3.34. The number of halogens is 3. The molecular weight excluding hydrogens is 363 g/mol. The Kier molecular flexibility index (Phi) is 3.84. The van der Waals surface area contributed by atoms with Crippen LogP contribution in [0.3, 0.4) is 0 Å². The van der Waals surface area contributed by atoms with Gasteiger partial charge in [-0.25, -0.2) is 12.8 Å². The SMILES string of the molecule is Cc1cc(NS(=O)(=O)c2cc(Cl)c(Br)cc2F)no1. The smallest absolute Gasteiger partial charge is 0.266 e. The van der Waals surface area contributed by atoms with E-state index >= 15 is 0 Å². The van der Waals surface area contributed by atoms with Crippen molar-refractivity contribution >= 4 is 43.4 Å². The average Bonchev–Trinajstić information content (AvgIpc) is 2.68. The minimum Gasteiger partial charge on any atom is -0.360 e. The van der Waals surface area contributed by atoms with Crippen LogP contribution in [0.2, 0.25) is 5.02 Å². The molecule has 0 saturated carbocycles. The highest BCUT2D eigenvalue weighted by molar-refractivity contribution is 9.10. The predicted molar refractivity (Wildman–Crippen MR) is 71.2 cm³/mol.